The summed E-state index contributed by atoms with van der Waals surface area (Å²) in [5.41, 5.74) is 1.03. The maximum atomic E-state index is 12.2. The van der Waals surface area contributed by atoms with E-state index in [1.807, 2.05) is 6.92 Å². The Balaban J connectivity index is 2.13. The Morgan fingerprint density at radius 3 is 2.63 bits per heavy atom. The molecule has 104 valence electrons. The molecule has 1 aromatic carbocycles. The van der Waals surface area contributed by atoms with E-state index in [1.54, 1.807) is 24.3 Å². The molecule has 2 N–H and O–H groups in total. The van der Waals surface area contributed by atoms with Crippen molar-refractivity contribution >= 4 is 16.0 Å². The summed E-state index contributed by atoms with van der Waals surface area (Å²) in [7, 11) is -3.55. The van der Waals surface area contributed by atoms with Crippen LogP contribution in [0.3, 0.4) is 0 Å². The van der Waals surface area contributed by atoms with E-state index in [4.69, 9.17) is 0 Å². The van der Waals surface area contributed by atoms with Crippen LogP contribution in [0.2, 0.25) is 0 Å². The van der Waals surface area contributed by atoms with Gasteiger partial charge >= 0.3 is 0 Å². The van der Waals surface area contributed by atoms with Crippen LogP contribution in [0.25, 0.3) is 0 Å². The summed E-state index contributed by atoms with van der Waals surface area (Å²) < 4.78 is 26.9. The predicted octanol–water partition coefficient (Wildman–Crippen LogP) is 1.40. The quantitative estimate of drug-likeness (QED) is 0.861. The second-order valence-corrected chi connectivity index (χ2v) is 6.32. The predicted molar refractivity (Wildman–Crippen MR) is 75.7 cm³/mol. The summed E-state index contributed by atoms with van der Waals surface area (Å²) in [5.74, 6) is 0.347. The number of benzene rings is 1. The van der Waals surface area contributed by atoms with Crippen LogP contribution >= 0.6 is 0 Å². The summed E-state index contributed by atoms with van der Waals surface area (Å²) in [6.07, 6.45) is 3.15. The number of guanidine groups is 1. The maximum absolute atomic E-state index is 12.2. The van der Waals surface area contributed by atoms with Crippen molar-refractivity contribution in [3.63, 3.8) is 0 Å². The molecule has 0 aliphatic carbocycles. The van der Waals surface area contributed by atoms with E-state index in [0.717, 1.165) is 31.4 Å². The van der Waals surface area contributed by atoms with Crippen molar-refractivity contribution in [1.29, 1.82) is 0 Å². The van der Waals surface area contributed by atoms with Crippen molar-refractivity contribution in [3.05, 3.63) is 29.8 Å². The highest BCUT2D eigenvalue weighted by atomic mass is 32.2. The van der Waals surface area contributed by atoms with Crippen molar-refractivity contribution in [2.45, 2.75) is 31.1 Å². The van der Waals surface area contributed by atoms with Crippen LogP contribution in [-0.4, -0.2) is 27.5 Å². The normalized spacial score (nSPS) is 16.8. The Hall–Kier alpha value is -1.56. The largest absolute Gasteiger partial charge is 0.356 e. The van der Waals surface area contributed by atoms with Gasteiger partial charge in [0.25, 0.3) is 10.0 Å². The first-order chi connectivity index (χ1) is 9.08. The molecular weight excluding hydrogens is 262 g/mol. The SMILES string of the molecule is Cc1ccc(S(=O)(=O)NC2=NCCCCCN2)cc1. The Labute approximate surface area is 114 Å². The molecule has 1 aliphatic rings. The fourth-order valence-electron chi connectivity index (χ4n) is 1.84. The van der Waals surface area contributed by atoms with Crippen molar-refractivity contribution in [3.8, 4) is 0 Å². The number of aryl methyl sites for hydroxylation is 1. The lowest BCUT2D eigenvalue weighted by Gasteiger charge is -2.15. The molecule has 2 rings (SSSR count). The average molecular weight is 281 g/mol. The lowest BCUT2D eigenvalue weighted by molar-refractivity contribution is 0.589. The van der Waals surface area contributed by atoms with Crippen LogP contribution in [-0.2, 0) is 10.0 Å². The number of hydrogen-bond donors (Lipinski definition) is 2. The molecule has 1 heterocycles. The second-order valence-electron chi connectivity index (χ2n) is 4.64. The lowest BCUT2D eigenvalue weighted by Crippen LogP contribution is -2.42. The Morgan fingerprint density at radius 2 is 1.89 bits per heavy atom. The lowest BCUT2D eigenvalue weighted by atomic mass is 10.2. The highest BCUT2D eigenvalue weighted by Gasteiger charge is 2.16. The summed E-state index contributed by atoms with van der Waals surface area (Å²) in [6, 6.07) is 6.76. The van der Waals surface area contributed by atoms with Gasteiger partial charge in [-0.15, -0.1) is 0 Å². The van der Waals surface area contributed by atoms with Gasteiger partial charge in [-0.3, -0.25) is 4.99 Å². The Morgan fingerprint density at radius 1 is 1.16 bits per heavy atom. The highest BCUT2D eigenvalue weighted by Crippen LogP contribution is 2.09. The van der Waals surface area contributed by atoms with Gasteiger partial charge in [0.05, 0.1) is 4.90 Å². The molecule has 0 spiro atoms. The molecule has 0 fully saturated rings. The Bertz CT molecular complexity index is 550. The van der Waals surface area contributed by atoms with Gasteiger partial charge in [0, 0.05) is 13.1 Å². The standard InChI is InChI=1S/C13H19N3O2S/c1-11-5-7-12(8-6-11)19(17,18)16-13-14-9-3-2-4-10-15-13/h5-8H,2-4,9-10H2,1H3,(H2,14,15,16). The van der Waals surface area contributed by atoms with Gasteiger partial charge in [0.1, 0.15) is 0 Å². The molecule has 0 unspecified atom stereocenters. The van der Waals surface area contributed by atoms with Gasteiger partial charge in [0.15, 0.2) is 0 Å². The van der Waals surface area contributed by atoms with Crippen molar-refractivity contribution < 1.29 is 8.42 Å². The maximum Gasteiger partial charge on any atom is 0.264 e. The van der Waals surface area contributed by atoms with E-state index >= 15 is 0 Å². The van der Waals surface area contributed by atoms with Crippen LogP contribution in [0.4, 0.5) is 0 Å². The molecule has 0 saturated carbocycles. The molecule has 0 bridgehead atoms. The molecule has 0 aromatic heterocycles. The zero-order chi connectivity index (χ0) is 13.7. The van der Waals surface area contributed by atoms with E-state index in [-0.39, 0.29) is 4.90 Å². The second kappa shape index (κ2) is 6.06. The summed E-state index contributed by atoms with van der Waals surface area (Å²) in [4.78, 5) is 4.48. The van der Waals surface area contributed by atoms with Gasteiger partial charge < -0.3 is 5.32 Å². The first kappa shape index (κ1) is 13.9. The fraction of sp³-hybridized carbons (Fsp3) is 0.462. The van der Waals surface area contributed by atoms with E-state index in [0.29, 0.717) is 12.5 Å². The zero-order valence-corrected chi connectivity index (χ0v) is 11.8. The minimum absolute atomic E-state index is 0.254. The van der Waals surface area contributed by atoms with E-state index < -0.39 is 10.0 Å². The van der Waals surface area contributed by atoms with Gasteiger partial charge in [-0.05, 0) is 38.3 Å². The van der Waals surface area contributed by atoms with Gasteiger partial charge in [0.2, 0.25) is 5.96 Å². The van der Waals surface area contributed by atoms with E-state index in [2.05, 4.69) is 15.0 Å². The average Bonchev–Trinajstić information content (AvgIpc) is 2.33. The van der Waals surface area contributed by atoms with Crippen LogP contribution in [0.15, 0.2) is 34.2 Å². The van der Waals surface area contributed by atoms with Crippen molar-refractivity contribution in [1.82, 2.24) is 10.0 Å². The summed E-state index contributed by atoms with van der Waals surface area (Å²) >= 11 is 0. The van der Waals surface area contributed by atoms with Crippen LogP contribution in [0.1, 0.15) is 24.8 Å². The smallest absolute Gasteiger partial charge is 0.264 e. The molecule has 0 radical (unpaired) electrons. The molecular formula is C13H19N3O2S. The molecule has 6 heteroatoms. The molecule has 0 atom stereocenters. The van der Waals surface area contributed by atoms with Crippen molar-refractivity contribution in [2.75, 3.05) is 13.1 Å². The molecule has 0 saturated heterocycles. The number of aliphatic imine (C=N–C) groups is 1. The molecule has 19 heavy (non-hydrogen) atoms. The number of nitrogens with one attached hydrogen (secondary N) is 2. The fourth-order valence-corrected chi connectivity index (χ4v) is 2.84. The third kappa shape index (κ3) is 3.96. The van der Waals surface area contributed by atoms with E-state index in [9.17, 15) is 8.42 Å². The first-order valence-electron chi connectivity index (χ1n) is 6.46. The molecule has 0 amide bonds. The van der Waals surface area contributed by atoms with Crippen LogP contribution in [0, 0.1) is 6.92 Å². The first-order valence-corrected chi connectivity index (χ1v) is 7.94. The van der Waals surface area contributed by atoms with Gasteiger partial charge in [-0.2, -0.15) is 0 Å². The molecule has 1 aromatic rings. The minimum Gasteiger partial charge on any atom is -0.356 e. The number of hydrogen-bond acceptors (Lipinski definition) is 4. The topological polar surface area (TPSA) is 70.6 Å². The van der Waals surface area contributed by atoms with Crippen LogP contribution in [0.5, 0.6) is 0 Å². The minimum atomic E-state index is -3.55. The number of rotatable bonds is 2. The summed E-state index contributed by atoms with van der Waals surface area (Å²) in [6.45, 7) is 3.32. The number of nitrogens with zero attached hydrogens (tertiary/aromatic N) is 1. The van der Waals surface area contributed by atoms with E-state index in [1.165, 1.54) is 0 Å². The third-order valence-electron chi connectivity index (χ3n) is 2.96. The van der Waals surface area contributed by atoms with Gasteiger partial charge in [-0.1, -0.05) is 17.7 Å². The summed E-state index contributed by atoms with van der Waals surface area (Å²) in [5, 5.41) is 3.02. The third-order valence-corrected chi connectivity index (χ3v) is 4.31. The highest BCUT2D eigenvalue weighted by molar-refractivity contribution is 7.90. The zero-order valence-electron chi connectivity index (χ0n) is 11.0. The molecule has 1 aliphatic heterocycles. The monoisotopic (exact) mass is 281 g/mol. The van der Waals surface area contributed by atoms with Gasteiger partial charge in [-0.25, -0.2) is 13.1 Å². The number of sulfonamides is 1. The molecule has 5 nitrogen and oxygen atoms in total. The van der Waals surface area contributed by atoms with Crippen molar-refractivity contribution in [2.24, 2.45) is 4.99 Å². The Kier molecular flexibility index (Phi) is 4.42. The van der Waals surface area contributed by atoms with Crippen LogP contribution < -0.4 is 10.0 Å².